The van der Waals surface area contributed by atoms with E-state index in [2.05, 4.69) is 280 Å². The van der Waals surface area contributed by atoms with Crippen LogP contribution < -0.4 is 4.90 Å². The van der Waals surface area contributed by atoms with Gasteiger partial charge in [-0.3, -0.25) is 0 Å². The second-order valence-corrected chi connectivity index (χ2v) is 21.6. The SMILES string of the molecule is CC1(C)c2ccccc2-c2ccc(N(c3cccc(-c4c5c(c(-c6ccccc6)n4-c4ccccc4)-c4ccccc4C54c5ccccc5-c5ccccc54)c3)c3ccc4c(c3)C(C)(C)c3ccccc3-4)cc21. The maximum Gasteiger partial charge on any atom is 0.0747 e. The van der Waals surface area contributed by atoms with Gasteiger partial charge in [-0.15, -0.1) is 0 Å². The summed E-state index contributed by atoms with van der Waals surface area (Å²) >= 11 is 0. The summed E-state index contributed by atoms with van der Waals surface area (Å²) in [5.41, 5.74) is 29.5. The van der Waals surface area contributed by atoms with Crippen LogP contribution in [0.15, 0.2) is 243 Å². The van der Waals surface area contributed by atoms with Crippen LogP contribution in [0.25, 0.3) is 72.7 Å². The maximum atomic E-state index is 2.59. The summed E-state index contributed by atoms with van der Waals surface area (Å²) in [7, 11) is 0. The second kappa shape index (κ2) is 15.2. The highest BCUT2D eigenvalue weighted by atomic mass is 15.1. The standard InChI is InChI=1S/C71H52N2/c1-69(2)58-33-16-11-28-51(58)55-40-38-49(43-63(55)69)72(50-39-41-56-52-29-12-17-34-59(52)70(3,4)64(56)44-50)48-27-21-24-46(42-48)68-66-65(67(45-22-7-5-8-23-45)73(68)47-25-9-6-10-26-47)57-32-15-20-37-62(57)71(66)60-35-18-13-30-53(60)54-31-14-19-36-61(54)71/h5-44H,1-4H3. The van der Waals surface area contributed by atoms with Crippen LogP contribution in [-0.2, 0) is 16.2 Å². The minimum Gasteiger partial charge on any atom is -0.310 e. The minimum absolute atomic E-state index is 0.168. The third-order valence-electron chi connectivity index (χ3n) is 17.2. The van der Waals surface area contributed by atoms with E-state index in [9.17, 15) is 0 Å². The fourth-order valence-electron chi connectivity index (χ4n) is 14.0. The van der Waals surface area contributed by atoms with E-state index in [-0.39, 0.29) is 10.8 Å². The Bertz CT molecular complexity index is 3940. The molecule has 0 aliphatic heterocycles. The first kappa shape index (κ1) is 42.0. The van der Waals surface area contributed by atoms with E-state index < -0.39 is 5.41 Å². The number of anilines is 3. The highest BCUT2D eigenvalue weighted by Gasteiger charge is 2.55. The topological polar surface area (TPSA) is 8.17 Å². The molecule has 0 bridgehead atoms. The predicted molar refractivity (Wildman–Crippen MR) is 303 cm³/mol. The first-order valence-electron chi connectivity index (χ1n) is 25.8. The smallest absolute Gasteiger partial charge is 0.0747 e. The molecule has 0 radical (unpaired) electrons. The van der Waals surface area contributed by atoms with Crippen LogP contribution in [0.3, 0.4) is 0 Å². The molecule has 15 rings (SSSR count). The van der Waals surface area contributed by atoms with Crippen LogP contribution in [0.5, 0.6) is 0 Å². The first-order valence-corrected chi connectivity index (χ1v) is 25.8. The van der Waals surface area contributed by atoms with Gasteiger partial charge >= 0.3 is 0 Å². The average molecular weight is 933 g/mol. The lowest BCUT2D eigenvalue weighted by Gasteiger charge is -2.32. The molecular weight excluding hydrogens is 881 g/mol. The van der Waals surface area contributed by atoms with Gasteiger partial charge in [-0.1, -0.05) is 222 Å². The van der Waals surface area contributed by atoms with Crippen molar-refractivity contribution in [1.29, 1.82) is 0 Å². The van der Waals surface area contributed by atoms with Crippen molar-refractivity contribution in [2.24, 2.45) is 0 Å². The molecule has 10 aromatic carbocycles. The third kappa shape index (κ3) is 5.58. The van der Waals surface area contributed by atoms with Crippen molar-refractivity contribution in [3.05, 3.63) is 287 Å². The fraction of sp³-hybridized carbons (Fsp3) is 0.0986. The van der Waals surface area contributed by atoms with E-state index >= 15 is 0 Å². The first-order chi connectivity index (χ1) is 35.8. The van der Waals surface area contributed by atoms with E-state index in [0.29, 0.717) is 0 Å². The normalized spacial score (nSPS) is 14.9. The zero-order valence-corrected chi connectivity index (χ0v) is 41.5. The van der Waals surface area contributed by atoms with Crippen molar-refractivity contribution in [2.45, 2.75) is 43.9 Å². The van der Waals surface area contributed by atoms with Crippen molar-refractivity contribution >= 4 is 17.1 Å². The zero-order valence-electron chi connectivity index (χ0n) is 41.5. The predicted octanol–water partition coefficient (Wildman–Crippen LogP) is 18.2. The Morgan fingerprint density at radius 2 is 0.699 bits per heavy atom. The van der Waals surface area contributed by atoms with Gasteiger partial charge in [-0.25, -0.2) is 0 Å². The van der Waals surface area contributed by atoms with Crippen LogP contribution in [0.4, 0.5) is 17.1 Å². The lowest BCUT2D eigenvalue weighted by molar-refractivity contribution is 0.660. The van der Waals surface area contributed by atoms with Gasteiger partial charge in [0.15, 0.2) is 0 Å². The van der Waals surface area contributed by atoms with E-state index in [1.54, 1.807) is 0 Å². The number of hydrogen-bond acceptors (Lipinski definition) is 1. The average Bonchev–Trinajstić information content (AvgIpc) is 4.17. The second-order valence-electron chi connectivity index (χ2n) is 21.6. The largest absolute Gasteiger partial charge is 0.310 e. The van der Waals surface area contributed by atoms with E-state index in [0.717, 1.165) is 28.3 Å². The monoisotopic (exact) mass is 932 g/mol. The number of aromatic nitrogens is 1. The van der Waals surface area contributed by atoms with Gasteiger partial charge in [-0.2, -0.15) is 0 Å². The summed E-state index contributed by atoms with van der Waals surface area (Å²) in [4.78, 5) is 2.53. The minimum atomic E-state index is -0.588. The Balaban J connectivity index is 1.04. The van der Waals surface area contributed by atoms with Crippen molar-refractivity contribution in [1.82, 2.24) is 4.57 Å². The molecule has 346 valence electrons. The quantitative estimate of drug-likeness (QED) is 0.161. The van der Waals surface area contributed by atoms with Crippen LogP contribution in [0.2, 0.25) is 0 Å². The Labute approximate surface area is 428 Å². The Morgan fingerprint density at radius 1 is 0.301 bits per heavy atom. The molecule has 0 fully saturated rings. The molecule has 0 saturated carbocycles. The number of hydrogen-bond donors (Lipinski definition) is 0. The van der Waals surface area contributed by atoms with Crippen LogP contribution in [0.1, 0.15) is 72.2 Å². The molecule has 0 amide bonds. The summed E-state index contributed by atoms with van der Waals surface area (Å²) in [6.07, 6.45) is 0. The van der Waals surface area contributed by atoms with Gasteiger partial charge in [0.1, 0.15) is 0 Å². The van der Waals surface area contributed by atoms with E-state index in [1.165, 1.54) is 106 Å². The molecule has 2 heteroatoms. The number of rotatable bonds is 6. The molecular formula is C71H52N2. The Kier molecular flexibility index (Phi) is 8.72. The third-order valence-corrected chi connectivity index (χ3v) is 17.2. The Morgan fingerprint density at radius 3 is 1.23 bits per heavy atom. The molecule has 73 heavy (non-hydrogen) atoms. The molecule has 4 aliphatic carbocycles. The molecule has 2 nitrogen and oxygen atoms in total. The molecule has 0 N–H and O–H groups in total. The van der Waals surface area contributed by atoms with Crippen molar-refractivity contribution in [2.75, 3.05) is 4.90 Å². The van der Waals surface area contributed by atoms with Crippen molar-refractivity contribution < 1.29 is 0 Å². The van der Waals surface area contributed by atoms with Gasteiger partial charge in [0, 0.05) is 50.3 Å². The van der Waals surface area contributed by atoms with Gasteiger partial charge in [0.05, 0.1) is 16.8 Å². The maximum absolute atomic E-state index is 2.59. The molecule has 1 heterocycles. The van der Waals surface area contributed by atoms with Crippen LogP contribution in [-0.4, -0.2) is 4.57 Å². The zero-order chi connectivity index (χ0) is 48.8. The van der Waals surface area contributed by atoms with Gasteiger partial charge in [-0.05, 0) is 132 Å². The highest BCUT2D eigenvalue weighted by Crippen LogP contribution is 2.67. The molecule has 1 spiro atoms. The summed E-state index contributed by atoms with van der Waals surface area (Å²) < 4.78 is 2.59. The summed E-state index contributed by atoms with van der Waals surface area (Å²) in [5.74, 6) is 0. The molecule has 4 aliphatic rings. The van der Waals surface area contributed by atoms with Gasteiger partial charge in [0.25, 0.3) is 0 Å². The van der Waals surface area contributed by atoms with Gasteiger partial charge in [0.2, 0.25) is 0 Å². The number of benzene rings is 10. The fourth-order valence-corrected chi connectivity index (χ4v) is 14.0. The van der Waals surface area contributed by atoms with Crippen LogP contribution in [0, 0.1) is 0 Å². The number of para-hydroxylation sites is 1. The summed E-state index contributed by atoms with van der Waals surface area (Å²) in [6.45, 7) is 9.55. The molecule has 1 aromatic heterocycles. The molecule has 0 atom stereocenters. The lowest BCUT2D eigenvalue weighted by Crippen LogP contribution is -2.26. The number of nitrogens with zero attached hydrogens (tertiary/aromatic N) is 2. The van der Waals surface area contributed by atoms with E-state index in [1.807, 2.05) is 0 Å². The Hall–Kier alpha value is -8.72. The molecule has 11 aromatic rings. The van der Waals surface area contributed by atoms with Gasteiger partial charge < -0.3 is 9.47 Å². The van der Waals surface area contributed by atoms with Crippen molar-refractivity contribution in [3.8, 4) is 72.7 Å². The number of fused-ring (bicyclic) bond motifs is 16. The summed E-state index contributed by atoms with van der Waals surface area (Å²) in [6, 6.07) is 91.6. The lowest BCUT2D eigenvalue weighted by atomic mass is 9.70. The molecule has 0 saturated heterocycles. The highest BCUT2D eigenvalue weighted by molar-refractivity contribution is 6.05. The van der Waals surface area contributed by atoms with Crippen molar-refractivity contribution in [3.63, 3.8) is 0 Å². The summed E-state index contributed by atoms with van der Waals surface area (Å²) in [5, 5.41) is 0. The molecule has 0 unspecified atom stereocenters. The van der Waals surface area contributed by atoms with Crippen LogP contribution >= 0.6 is 0 Å². The van der Waals surface area contributed by atoms with E-state index in [4.69, 9.17) is 0 Å².